The molecule has 180 valence electrons. The molecular formula is C25H23ClN4O4S. The van der Waals surface area contributed by atoms with Gasteiger partial charge in [-0.25, -0.2) is 0 Å². The number of nitrogens with zero attached hydrogens (tertiary/aromatic N) is 3. The van der Waals surface area contributed by atoms with Gasteiger partial charge in [-0.2, -0.15) is 0 Å². The van der Waals surface area contributed by atoms with Gasteiger partial charge in [-0.1, -0.05) is 54.1 Å². The molecule has 1 heterocycles. The van der Waals surface area contributed by atoms with Crippen molar-refractivity contribution in [3.05, 3.63) is 99.1 Å². The lowest BCUT2D eigenvalue weighted by Crippen LogP contribution is -2.52. The van der Waals surface area contributed by atoms with E-state index in [9.17, 15) is 14.9 Å². The van der Waals surface area contributed by atoms with Gasteiger partial charge in [-0.15, -0.1) is 0 Å². The number of hydrogen-bond donors (Lipinski definition) is 1. The van der Waals surface area contributed by atoms with Crippen LogP contribution in [0.25, 0.3) is 0 Å². The van der Waals surface area contributed by atoms with Crippen LogP contribution in [0.5, 0.6) is 5.75 Å². The molecule has 0 radical (unpaired) electrons. The smallest absolute Gasteiger partial charge is 0.294 e. The highest BCUT2D eigenvalue weighted by Crippen LogP contribution is 2.35. The topological polar surface area (TPSA) is 88.0 Å². The quantitative estimate of drug-likeness (QED) is 0.293. The van der Waals surface area contributed by atoms with E-state index in [0.717, 1.165) is 5.56 Å². The van der Waals surface area contributed by atoms with Crippen molar-refractivity contribution in [2.24, 2.45) is 0 Å². The van der Waals surface area contributed by atoms with Gasteiger partial charge in [0.1, 0.15) is 18.0 Å². The van der Waals surface area contributed by atoms with Gasteiger partial charge < -0.3 is 14.5 Å². The Labute approximate surface area is 213 Å². The van der Waals surface area contributed by atoms with Crippen LogP contribution in [0.2, 0.25) is 5.02 Å². The van der Waals surface area contributed by atoms with E-state index >= 15 is 0 Å². The first kappa shape index (κ1) is 24.4. The molecular weight excluding hydrogens is 488 g/mol. The summed E-state index contributed by atoms with van der Waals surface area (Å²) in [6.45, 7) is 2.33. The average molecular weight is 511 g/mol. The predicted octanol–water partition coefficient (Wildman–Crippen LogP) is 4.66. The van der Waals surface area contributed by atoms with Crippen LogP contribution in [0.15, 0.2) is 72.8 Å². The van der Waals surface area contributed by atoms with E-state index in [1.807, 2.05) is 40.1 Å². The zero-order valence-corrected chi connectivity index (χ0v) is 20.3. The van der Waals surface area contributed by atoms with Gasteiger partial charge in [0.2, 0.25) is 0 Å². The van der Waals surface area contributed by atoms with Crippen molar-refractivity contribution in [3.8, 4) is 5.75 Å². The molecule has 1 amide bonds. The summed E-state index contributed by atoms with van der Waals surface area (Å²) in [5, 5.41) is 14.8. The van der Waals surface area contributed by atoms with E-state index in [0.29, 0.717) is 59.9 Å². The van der Waals surface area contributed by atoms with Crippen LogP contribution in [-0.4, -0.2) is 47.0 Å². The molecule has 3 aromatic carbocycles. The molecule has 0 atom stereocenters. The molecule has 8 nitrogen and oxygen atoms in total. The number of anilines is 1. The van der Waals surface area contributed by atoms with Crippen molar-refractivity contribution in [1.82, 2.24) is 10.2 Å². The Bertz CT molecular complexity index is 1230. The number of para-hydroxylation sites is 1. The van der Waals surface area contributed by atoms with Gasteiger partial charge in [0, 0.05) is 37.8 Å². The molecule has 1 aliphatic rings. The van der Waals surface area contributed by atoms with Crippen molar-refractivity contribution in [3.63, 3.8) is 0 Å². The Morgan fingerprint density at radius 1 is 1.03 bits per heavy atom. The molecule has 1 fully saturated rings. The fourth-order valence-electron chi connectivity index (χ4n) is 3.81. The van der Waals surface area contributed by atoms with Gasteiger partial charge >= 0.3 is 0 Å². The van der Waals surface area contributed by atoms with Crippen LogP contribution >= 0.6 is 23.8 Å². The van der Waals surface area contributed by atoms with E-state index in [1.54, 1.807) is 36.4 Å². The number of piperazine rings is 1. The largest absolute Gasteiger partial charge is 0.489 e. The number of hydrogen-bond acceptors (Lipinski definition) is 6. The lowest BCUT2D eigenvalue weighted by Gasteiger charge is -2.37. The number of carbonyl (C=O) groups is 1. The lowest BCUT2D eigenvalue weighted by molar-refractivity contribution is -0.384. The molecule has 0 saturated carbocycles. The highest BCUT2D eigenvalue weighted by atomic mass is 35.5. The SMILES string of the molecule is O=C(NC(=S)N1CCN(c2c(Cl)cccc2[N+](=O)[O-])CC1)c1cccc(OCc2ccccc2)c1. The summed E-state index contributed by atoms with van der Waals surface area (Å²) in [4.78, 5) is 27.5. The number of carbonyl (C=O) groups excluding carboxylic acids is 1. The number of thiocarbonyl (C=S) groups is 1. The molecule has 0 unspecified atom stereocenters. The molecule has 1 saturated heterocycles. The molecule has 0 aromatic heterocycles. The van der Waals surface area contributed by atoms with Crippen molar-refractivity contribution < 1.29 is 14.5 Å². The molecule has 1 N–H and O–H groups in total. The standard InChI is InChI=1S/C25H23ClN4O4S/c26-21-10-5-11-22(30(32)33)23(21)28-12-14-29(15-13-28)25(35)27-24(31)19-8-4-9-20(16-19)34-17-18-6-2-1-3-7-18/h1-11,16H,12-15,17H2,(H,27,31,35). The first-order valence-corrected chi connectivity index (χ1v) is 11.8. The second-order valence-corrected chi connectivity index (χ2v) is 8.69. The van der Waals surface area contributed by atoms with Gasteiger partial charge in [-0.05, 0) is 42.0 Å². The summed E-state index contributed by atoms with van der Waals surface area (Å²) in [6.07, 6.45) is 0. The molecule has 0 aliphatic carbocycles. The number of rotatable bonds is 6. The van der Waals surface area contributed by atoms with E-state index in [-0.39, 0.29) is 11.6 Å². The van der Waals surface area contributed by atoms with E-state index in [2.05, 4.69) is 5.32 Å². The fraction of sp³-hybridized carbons (Fsp3) is 0.200. The summed E-state index contributed by atoms with van der Waals surface area (Å²) in [5.41, 5.74) is 1.84. The Hall–Kier alpha value is -3.69. The number of nitro benzene ring substituents is 1. The maximum absolute atomic E-state index is 12.8. The molecule has 1 aliphatic heterocycles. The molecule has 0 spiro atoms. The average Bonchev–Trinajstić information content (AvgIpc) is 2.88. The third kappa shape index (κ3) is 6.06. The monoisotopic (exact) mass is 510 g/mol. The number of nitro groups is 1. The third-order valence-corrected chi connectivity index (χ3v) is 6.28. The van der Waals surface area contributed by atoms with Gasteiger partial charge in [0.05, 0.1) is 9.95 Å². The first-order valence-electron chi connectivity index (χ1n) is 11.0. The summed E-state index contributed by atoms with van der Waals surface area (Å²) in [6, 6.07) is 21.3. The highest BCUT2D eigenvalue weighted by Gasteiger charge is 2.27. The maximum atomic E-state index is 12.8. The Morgan fingerprint density at radius 2 is 1.74 bits per heavy atom. The van der Waals surface area contributed by atoms with Crippen LogP contribution < -0.4 is 15.0 Å². The molecule has 3 aromatic rings. The number of nitrogens with one attached hydrogen (secondary N) is 1. The summed E-state index contributed by atoms with van der Waals surface area (Å²) >= 11 is 11.7. The van der Waals surface area contributed by atoms with Crippen molar-refractivity contribution in [2.45, 2.75) is 6.61 Å². The Kier molecular flexibility index (Phi) is 7.79. The van der Waals surface area contributed by atoms with Crippen LogP contribution in [0, 0.1) is 10.1 Å². The molecule has 10 heteroatoms. The number of ether oxygens (including phenoxy) is 1. The summed E-state index contributed by atoms with van der Waals surface area (Å²) in [7, 11) is 0. The number of halogens is 1. The minimum absolute atomic E-state index is 0.0313. The van der Waals surface area contributed by atoms with Gasteiger partial charge in [0.15, 0.2) is 5.11 Å². The number of amides is 1. The van der Waals surface area contributed by atoms with Gasteiger partial charge in [-0.3, -0.25) is 20.2 Å². The van der Waals surface area contributed by atoms with Crippen LogP contribution in [0.3, 0.4) is 0 Å². The Morgan fingerprint density at radius 3 is 2.46 bits per heavy atom. The van der Waals surface area contributed by atoms with Crippen molar-refractivity contribution in [2.75, 3.05) is 31.1 Å². The van der Waals surface area contributed by atoms with E-state index in [4.69, 9.17) is 28.6 Å². The minimum atomic E-state index is -0.434. The van der Waals surface area contributed by atoms with Crippen LogP contribution in [0.4, 0.5) is 11.4 Å². The second kappa shape index (κ2) is 11.2. The second-order valence-electron chi connectivity index (χ2n) is 7.90. The van der Waals surface area contributed by atoms with Crippen LogP contribution in [-0.2, 0) is 6.61 Å². The zero-order valence-electron chi connectivity index (χ0n) is 18.7. The number of benzene rings is 3. The fourth-order valence-corrected chi connectivity index (χ4v) is 4.38. The van der Waals surface area contributed by atoms with E-state index < -0.39 is 4.92 Å². The third-order valence-electron chi connectivity index (χ3n) is 5.61. The molecule has 4 rings (SSSR count). The molecule has 0 bridgehead atoms. The summed E-state index contributed by atoms with van der Waals surface area (Å²) in [5.74, 6) is 0.256. The summed E-state index contributed by atoms with van der Waals surface area (Å²) < 4.78 is 5.81. The molecule has 35 heavy (non-hydrogen) atoms. The highest BCUT2D eigenvalue weighted by molar-refractivity contribution is 7.80. The normalized spacial score (nSPS) is 13.3. The lowest BCUT2D eigenvalue weighted by atomic mass is 10.2. The van der Waals surface area contributed by atoms with E-state index in [1.165, 1.54) is 6.07 Å². The van der Waals surface area contributed by atoms with Crippen molar-refractivity contribution >= 4 is 46.2 Å². The van der Waals surface area contributed by atoms with Gasteiger partial charge in [0.25, 0.3) is 11.6 Å². The Balaban J connectivity index is 1.33. The first-order chi connectivity index (χ1) is 16.9. The zero-order chi connectivity index (χ0) is 24.8. The minimum Gasteiger partial charge on any atom is -0.489 e. The predicted molar refractivity (Wildman–Crippen MR) is 139 cm³/mol. The van der Waals surface area contributed by atoms with Crippen molar-refractivity contribution in [1.29, 1.82) is 0 Å². The van der Waals surface area contributed by atoms with Crippen LogP contribution in [0.1, 0.15) is 15.9 Å². The maximum Gasteiger partial charge on any atom is 0.294 e.